The van der Waals surface area contributed by atoms with E-state index in [4.69, 9.17) is 5.73 Å². The SMILES string of the molecule is Nc1cccc(-c2nn3c(=O)c(-c4cccs4)nnc3s2)c1. The lowest BCUT2D eigenvalue weighted by molar-refractivity contribution is 0.863. The van der Waals surface area contributed by atoms with Gasteiger partial charge in [0.1, 0.15) is 5.01 Å². The third kappa shape index (κ3) is 2.09. The highest BCUT2D eigenvalue weighted by Crippen LogP contribution is 2.26. The van der Waals surface area contributed by atoms with Crippen molar-refractivity contribution in [2.24, 2.45) is 0 Å². The molecule has 3 heterocycles. The zero-order valence-corrected chi connectivity index (χ0v) is 12.8. The van der Waals surface area contributed by atoms with Crippen LogP contribution in [-0.4, -0.2) is 19.8 Å². The van der Waals surface area contributed by atoms with Crippen molar-refractivity contribution in [3.8, 4) is 21.1 Å². The number of hydrogen-bond acceptors (Lipinski definition) is 7. The van der Waals surface area contributed by atoms with Gasteiger partial charge in [-0.15, -0.1) is 21.5 Å². The maximum absolute atomic E-state index is 12.5. The molecule has 0 aliphatic carbocycles. The molecule has 0 atom stereocenters. The van der Waals surface area contributed by atoms with Gasteiger partial charge in [-0.1, -0.05) is 29.5 Å². The average molecular weight is 327 g/mol. The van der Waals surface area contributed by atoms with Crippen LogP contribution in [0.25, 0.3) is 26.1 Å². The van der Waals surface area contributed by atoms with Gasteiger partial charge in [-0.05, 0) is 23.6 Å². The van der Waals surface area contributed by atoms with Crippen LogP contribution in [0.3, 0.4) is 0 Å². The number of nitrogen functional groups attached to an aromatic ring is 1. The van der Waals surface area contributed by atoms with Gasteiger partial charge in [-0.3, -0.25) is 4.79 Å². The lowest BCUT2D eigenvalue weighted by Crippen LogP contribution is -2.18. The second-order valence-corrected chi connectivity index (χ2v) is 6.46. The molecule has 0 amide bonds. The van der Waals surface area contributed by atoms with Crippen molar-refractivity contribution in [2.75, 3.05) is 5.73 Å². The Bertz CT molecular complexity index is 1020. The molecule has 6 nitrogen and oxygen atoms in total. The highest BCUT2D eigenvalue weighted by Gasteiger charge is 2.14. The van der Waals surface area contributed by atoms with Crippen LogP contribution < -0.4 is 11.3 Å². The van der Waals surface area contributed by atoms with Crippen molar-refractivity contribution in [3.63, 3.8) is 0 Å². The minimum Gasteiger partial charge on any atom is -0.399 e. The summed E-state index contributed by atoms with van der Waals surface area (Å²) in [7, 11) is 0. The van der Waals surface area contributed by atoms with E-state index in [2.05, 4.69) is 15.3 Å². The van der Waals surface area contributed by atoms with E-state index in [-0.39, 0.29) is 5.56 Å². The number of nitrogens with two attached hydrogens (primary N) is 1. The fraction of sp³-hybridized carbons (Fsp3) is 0. The molecule has 3 aromatic heterocycles. The number of benzene rings is 1. The van der Waals surface area contributed by atoms with Gasteiger partial charge < -0.3 is 5.73 Å². The van der Waals surface area contributed by atoms with Crippen molar-refractivity contribution in [1.82, 2.24) is 19.8 Å². The van der Waals surface area contributed by atoms with E-state index in [0.29, 0.717) is 21.3 Å². The molecular weight excluding hydrogens is 318 g/mol. The molecule has 0 aliphatic rings. The van der Waals surface area contributed by atoms with Crippen LogP contribution in [-0.2, 0) is 0 Å². The number of nitrogens with zero attached hydrogens (tertiary/aromatic N) is 4. The van der Waals surface area contributed by atoms with Crippen LogP contribution in [0, 0.1) is 0 Å². The third-order valence-corrected chi connectivity index (χ3v) is 4.90. The fourth-order valence-electron chi connectivity index (χ4n) is 2.07. The molecule has 4 rings (SSSR count). The van der Waals surface area contributed by atoms with E-state index < -0.39 is 0 Å². The number of fused-ring (bicyclic) bond motifs is 1. The number of thiophene rings is 1. The normalized spacial score (nSPS) is 11.1. The molecule has 22 heavy (non-hydrogen) atoms. The molecule has 8 heteroatoms. The molecule has 0 radical (unpaired) electrons. The zero-order chi connectivity index (χ0) is 15.1. The number of anilines is 1. The van der Waals surface area contributed by atoms with Crippen molar-refractivity contribution in [3.05, 3.63) is 52.1 Å². The van der Waals surface area contributed by atoms with Gasteiger partial charge in [0.05, 0.1) is 4.88 Å². The van der Waals surface area contributed by atoms with Gasteiger partial charge in [0.2, 0.25) is 4.96 Å². The van der Waals surface area contributed by atoms with E-state index >= 15 is 0 Å². The zero-order valence-electron chi connectivity index (χ0n) is 11.1. The lowest BCUT2D eigenvalue weighted by atomic mass is 10.2. The summed E-state index contributed by atoms with van der Waals surface area (Å²) in [5, 5.41) is 15.1. The van der Waals surface area contributed by atoms with E-state index in [9.17, 15) is 4.79 Å². The van der Waals surface area contributed by atoms with Crippen molar-refractivity contribution in [2.45, 2.75) is 0 Å². The molecule has 4 aromatic rings. The van der Waals surface area contributed by atoms with Crippen LogP contribution >= 0.6 is 22.7 Å². The molecule has 0 bridgehead atoms. The Balaban J connectivity index is 1.92. The van der Waals surface area contributed by atoms with Crippen LogP contribution in [0.4, 0.5) is 5.69 Å². The maximum atomic E-state index is 12.5. The van der Waals surface area contributed by atoms with Gasteiger partial charge in [0, 0.05) is 11.3 Å². The summed E-state index contributed by atoms with van der Waals surface area (Å²) in [5.74, 6) is 0. The summed E-state index contributed by atoms with van der Waals surface area (Å²) in [4.78, 5) is 13.8. The first-order valence-electron chi connectivity index (χ1n) is 6.39. The predicted molar refractivity (Wildman–Crippen MR) is 88.1 cm³/mol. The molecule has 0 unspecified atom stereocenters. The van der Waals surface area contributed by atoms with Crippen molar-refractivity contribution in [1.29, 1.82) is 0 Å². The minimum atomic E-state index is -0.265. The molecule has 0 spiro atoms. The molecule has 0 fully saturated rings. The van der Waals surface area contributed by atoms with Gasteiger partial charge in [-0.2, -0.15) is 9.61 Å². The Morgan fingerprint density at radius 3 is 2.82 bits per heavy atom. The summed E-state index contributed by atoms with van der Waals surface area (Å²) in [6, 6.07) is 11.1. The van der Waals surface area contributed by atoms with Crippen molar-refractivity contribution >= 4 is 33.3 Å². The highest BCUT2D eigenvalue weighted by molar-refractivity contribution is 7.19. The number of aromatic nitrogens is 4. The Kier molecular flexibility index (Phi) is 2.98. The van der Waals surface area contributed by atoms with Gasteiger partial charge in [0.25, 0.3) is 0 Å². The van der Waals surface area contributed by atoms with Gasteiger partial charge >= 0.3 is 5.56 Å². The Hall–Kier alpha value is -2.58. The fourth-order valence-corrected chi connectivity index (χ4v) is 3.60. The molecule has 108 valence electrons. The quantitative estimate of drug-likeness (QED) is 0.572. The first kappa shape index (κ1) is 13.1. The summed E-state index contributed by atoms with van der Waals surface area (Å²) >= 11 is 2.75. The monoisotopic (exact) mass is 327 g/mol. The Morgan fingerprint density at radius 1 is 1.14 bits per heavy atom. The van der Waals surface area contributed by atoms with E-state index in [1.807, 2.05) is 35.7 Å². The lowest BCUT2D eigenvalue weighted by Gasteiger charge is -1.96. The highest BCUT2D eigenvalue weighted by atomic mass is 32.1. The van der Waals surface area contributed by atoms with Crippen LogP contribution in [0.2, 0.25) is 0 Å². The number of rotatable bonds is 2. The van der Waals surface area contributed by atoms with Gasteiger partial charge in [0.15, 0.2) is 5.69 Å². The summed E-state index contributed by atoms with van der Waals surface area (Å²) in [6.45, 7) is 0. The number of hydrogen-bond donors (Lipinski definition) is 1. The predicted octanol–water partition coefficient (Wildman–Crippen LogP) is 2.52. The summed E-state index contributed by atoms with van der Waals surface area (Å²) in [5.41, 5.74) is 7.34. The first-order valence-corrected chi connectivity index (χ1v) is 8.08. The standard InChI is InChI=1S/C14H9N5OS2/c15-9-4-1-3-8(7-9)12-18-19-13(20)11(10-5-2-6-21-10)16-17-14(19)22-12/h1-7H,15H2. The summed E-state index contributed by atoms with van der Waals surface area (Å²) < 4.78 is 1.30. The van der Waals surface area contributed by atoms with Crippen molar-refractivity contribution < 1.29 is 0 Å². The largest absolute Gasteiger partial charge is 0.399 e. The smallest absolute Gasteiger partial charge is 0.302 e. The molecule has 0 saturated carbocycles. The van der Waals surface area contributed by atoms with Gasteiger partial charge in [-0.25, -0.2) is 0 Å². The maximum Gasteiger partial charge on any atom is 0.302 e. The van der Waals surface area contributed by atoms with E-state index in [1.54, 1.807) is 6.07 Å². The average Bonchev–Trinajstić information content (AvgIpc) is 3.17. The molecule has 2 N–H and O–H groups in total. The topological polar surface area (TPSA) is 86.2 Å². The van der Waals surface area contributed by atoms with Crippen LogP contribution in [0.1, 0.15) is 0 Å². The van der Waals surface area contributed by atoms with E-state index in [1.165, 1.54) is 27.2 Å². The molecule has 0 aliphatic heterocycles. The summed E-state index contributed by atoms with van der Waals surface area (Å²) in [6.07, 6.45) is 0. The molecular formula is C14H9N5OS2. The van der Waals surface area contributed by atoms with E-state index in [0.717, 1.165) is 10.4 Å². The first-order chi connectivity index (χ1) is 10.7. The van der Waals surface area contributed by atoms with Crippen LogP contribution in [0.15, 0.2) is 46.6 Å². The molecule has 0 saturated heterocycles. The Labute approximate surface area is 132 Å². The second-order valence-electron chi connectivity index (χ2n) is 4.56. The third-order valence-electron chi connectivity index (χ3n) is 3.08. The molecule has 1 aromatic carbocycles. The second kappa shape index (κ2) is 5.00. The minimum absolute atomic E-state index is 0.265. The van der Waals surface area contributed by atoms with Crippen LogP contribution in [0.5, 0.6) is 0 Å². The Morgan fingerprint density at radius 2 is 2.05 bits per heavy atom.